The fraction of sp³-hybridized carbons (Fsp3) is 0.818. The van der Waals surface area contributed by atoms with Crippen LogP contribution in [0.4, 0.5) is 0 Å². The van der Waals surface area contributed by atoms with Crippen LogP contribution in [0.2, 0.25) is 0 Å². The Morgan fingerprint density at radius 2 is 1.46 bits per heavy atom. The van der Waals surface area contributed by atoms with E-state index in [1.54, 1.807) is 13.8 Å². The number of aliphatic hydroxyl groups excluding tert-OH is 1. The minimum absolute atomic E-state index is 0.0423. The van der Waals surface area contributed by atoms with Crippen molar-refractivity contribution in [1.82, 2.24) is 0 Å². The van der Waals surface area contributed by atoms with Gasteiger partial charge in [0.25, 0.3) is 0 Å². The third-order valence-electron chi connectivity index (χ3n) is 9.31. The average molecular weight is 517 g/mol. The fourth-order valence-electron chi connectivity index (χ4n) is 6.85. The summed E-state index contributed by atoms with van der Waals surface area (Å²) >= 11 is 0. The zero-order valence-electron chi connectivity index (χ0n) is 24.3. The molecule has 0 radical (unpaired) electrons. The quantitative estimate of drug-likeness (QED) is 0.120. The SMILES string of the molecule is C=C(C)C(=O)CCC(CO)CC(COC(=O)C(=C)C)CC1CCC(C2CCC(CCCCC)CC2)CC1. The van der Waals surface area contributed by atoms with Crippen molar-refractivity contribution in [3.8, 4) is 0 Å². The number of carbonyl (C=O) groups is 2. The van der Waals surface area contributed by atoms with Crippen LogP contribution in [0.15, 0.2) is 24.3 Å². The zero-order valence-corrected chi connectivity index (χ0v) is 24.3. The number of ether oxygens (including phenoxy) is 1. The molecule has 0 saturated heterocycles. The first-order valence-corrected chi connectivity index (χ1v) is 15.4. The molecule has 0 heterocycles. The van der Waals surface area contributed by atoms with Gasteiger partial charge in [-0.05, 0) is 99.9 Å². The number of unbranched alkanes of at least 4 members (excludes halogenated alkanes) is 2. The molecule has 0 aromatic heterocycles. The molecule has 212 valence electrons. The summed E-state index contributed by atoms with van der Waals surface area (Å²) in [5, 5.41) is 10.0. The molecule has 4 nitrogen and oxygen atoms in total. The monoisotopic (exact) mass is 516 g/mol. The average Bonchev–Trinajstić information content (AvgIpc) is 2.89. The molecule has 0 spiro atoms. The normalized spacial score (nSPS) is 25.7. The summed E-state index contributed by atoms with van der Waals surface area (Å²) in [6.07, 6.45) is 19.4. The van der Waals surface area contributed by atoms with Crippen LogP contribution in [0.25, 0.3) is 0 Å². The summed E-state index contributed by atoms with van der Waals surface area (Å²) in [6, 6.07) is 0. The molecule has 0 amide bonds. The first kappa shape index (κ1) is 31.8. The van der Waals surface area contributed by atoms with Crippen molar-refractivity contribution < 1.29 is 19.4 Å². The van der Waals surface area contributed by atoms with E-state index in [1.165, 1.54) is 77.0 Å². The molecule has 37 heavy (non-hydrogen) atoms. The second kappa shape index (κ2) is 17.2. The maximum atomic E-state index is 12.1. The molecule has 1 N–H and O–H groups in total. The molecule has 2 saturated carbocycles. The number of rotatable bonds is 17. The fourth-order valence-corrected chi connectivity index (χ4v) is 6.85. The van der Waals surface area contributed by atoms with Crippen LogP contribution in [-0.4, -0.2) is 30.1 Å². The van der Waals surface area contributed by atoms with Crippen molar-refractivity contribution >= 4 is 11.8 Å². The smallest absolute Gasteiger partial charge is 0.333 e. The topological polar surface area (TPSA) is 63.6 Å². The molecule has 2 rings (SSSR count). The Morgan fingerprint density at radius 1 is 0.865 bits per heavy atom. The maximum absolute atomic E-state index is 12.1. The first-order valence-electron chi connectivity index (χ1n) is 15.4. The van der Waals surface area contributed by atoms with E-state index < -0.39 is 0 Å². The molecule has 2 atom stereocenters. The lowest BCUT2D eigenvalue weighted by atomic mass is 9.67. The summed E-state index contributed by atoms with van der Waals surface area (Å²) in [5.74, 6) is 3.44. The van der Waals surface area contributed by atoms with E-state index in [9.17, 15) is 14.7 Å². The Hall–Kier alpha value is -1.42. The highest BCUT2D eigenvalue weighted by Gasteiger charge is 2.32. The molecule has 2 fully saturated rings. The molecular weight excluding hydrogens is 460 g/mol. The standard InChI is InChI=1S/C33H56O4/c1-6-7-8-9-26-10-15-30(16-11-26)31-17-12-27(13-18-31)20-29(23-37-33(36)25(4)5)21-28(22-34)14-19-32(35)24(2)3/h26-31,34H,2,4,6-23H2,1,3,5H3. The molecule has 0 aliphatic heterocycles. The second-order valence-electron chi connectivity index (χ2n) is 12.6. The molecule has 2 aliphatic rings. The van der Waals surface area contributed by atoms with Crippen molar-refractivity contribution in [1.29, 1.82) is 0 Å². The van der Waals surface area contributed by atoms with Gasteiger partial charge in [0.15, 0.2) is 5.78 Å². The van der Waals surface area contributed by atoms with Crippen LogP contribution >= 0.6 is 0 Å². The van der Waals surface area contributed by atoms with E-state index in [0.717, 1.165) is 30.6 Å². The van der Waals surface area contributed by atoms with E-state index in [2.05, 4.69) is 20.1 Å². The highest BCUT2D eigenvalue weighted by molar-refractivity contribution is 5.94. The maximum Gasteiger partial charge on any atom is 0.333 e. The molecule has 2 aliphatic carbocycles. The van der Waals surface area contributed by atoms with E-state index in [0.29, 0.717) is 36.5 Å². The number of allylic oxidation sites excluding steroid dienone is 1. The van der Waals surface area contributed by atoms with Gasteiger partial charge in [0.05, 0.1) is 6.61 Å². The summed E-state index contributed by atoms with van der Waals surface area (Å²) in [4.78, 5) is 24.1. The van der Waals surface area contributed by atoms with Crippen LogP contribution in [0.5, 0.6) is 0 Å². The van der Waals surface area contributed by atoms with Crippen molar-refractivity contribution in [3.05, 3.63) is 24.3 Å². The second-order valence-corrected chi connectivity index (χ2v) is 12.6. The van der Waals surface area contributed by atoms with Crippen molar-refractivity contribution in [2.75, 3.05) is 13.2 Å². The van der Waals surface area contributed by atoms with Crippen molar-refractivity contribution in [2.45, 2.75) is 124 Å². The Labute approximate surface area is 227 Å². The first-order chi connectivity index (χ1) is 17.7. The van der Waals surface area contributed by atoms with Gasteiger partial charge in [-0.2, -0.15) is 0 Å². The van der Waals surface area contributed by atoms with Crippen molar-refractivity contribution in [3.63, 3.8) is 0 Å². The van der Waals surface area contributed by atoms with Gasteiger partial charge in [0, 0.05) is 18.6 Å². The number of aliphatic hydroxyl groups is 1. The van der Waals surface area contributed by atoms with E-state index in [1.807, 2.05) is 0 Å². The number of esters is 1. The third-order valence-corrected chi connectivity index (χ3v) is 9.31. The van der Waals surface area contributed by atoms with Gasteiger partial charge in [-0.1, -0.05) is 71.4 Å². The Kier molecular flexibility index (Phi) is 14.8. The number of Topliss-reactive ketones (excluding diaryl/α,β-unsaturated/α-hetero) is 1. The van der Waals surface area contributed by atoms with E-state index in [4.69, 9.17) is 4.74 Å². The van der Waals surface area contributed by atoms with Gasteiger partial charge in [-0.25, -0.2) is 4.79 Å². The van der Waals surface area contributed by atoms with Gasteiger partial charge in [0.2, 0.25) is 0 Å². The summed E-state index contributed by atoms with van der Waals surface area (Å²) in [7, 11) is 0. The lowest BCUT2D eigenvalue weighted by Crippen LogP contribution is -2.28. The highest BCUT2D eigenvalue weighted by Crippen LogP contribution is 2.43. The molecule has 2 unspecified atom stereocenters. The molecular formula is C33H56O4. The minimum Gasteiger partial charge on any atom is -0.462 e. The van der Waals surface area contributed by atoms with Crippen LogP contribution in [0.3, 0.4) is 0 Å². The highest BCUT2D eigenvalue weighted by atomic mass is 16.5. The lowest BCUT2D eigenvalue weighted by Gasteiger charge is -2.38. The van der Waals surface area contributed by atoms with E-state index >= 15 is 0 Å². The van der Waals surface area contributed by atoms with Crippen LogP contribution in [0, 0.1) is 35.5 Å². The molecule has 4 heteroatoms. The van der Waals surface area contributed by atoms with E-state index in [-0.39, 0.29) is 30.2 Å². The Balaban J connectivity index is 1.83. The zero-order chi connectivity index (χ0) is 27.2. The predicted octanol–water partition coefficient (Wildman–Crippen LogP) is 8.23. The van der Waals surface area contributed by atoms with Crippen LogP contribution in [0.1, 0.15) is 124 Å². The summed E-state index contributed by atoms with van der Waals surface area (Å²) in [6.45, 7) is 13.6. The third kappa shape index (κ3) is 11.9. The number of hydrogen-bond acceptors (Lipinski definition) is 4. The van der Waals surface area contributed by atoms with Gasteiger partial charge in [-0.3, -0.25) is 4.79 Å². The van der Waals surface area contributed by atoms with Crippen LogP contribution < -0.4 is 0 Å². The number of hydrogen-bond donors (Lipinski definition) is 1. The van der Waals surface area contributed by atoms with Gasteiger partial charge in [0.1, 0.15) is 0 Å². The number of ketones is 1. The largest absolute Gasteiger partial charge is 0.462 e. The Morgan fingerprint density at radius 3 is 1.97 bits per heavy atom. The van der Waals surface area contributed by atoms with Crippen molar-refractivity contribution in [2.24, 2.45) is 35.5 Å². The lowest BCUT2D eigenvalue weighted by molar-refractivity contribution is -0.140. The minimum atomic E-state index is -0.336. The predicted molar refractivity (Wildman–Crippen MR) is 153 cm³/mol. The molecule has 0 aromatic carbocycles. The van der Waals surface area contributed by atoms with Crippen LogP contribution in [-0.2, 0) is 14.3 Å². The van der Waals surface area contributed by atoms with Gasteiger partial charge < -0.3 is 9.84 Å². The summed E-state index contributed by atoms with van der Waals surface area (Å²) in [5.41, 5.74) is 0.996. The number of carbonyl (C=O) groups excluding carboxylic acids is 2. The van der Waals surface area contributed by atoms with Gasteiger partial charge in [-0.15, -0.1) is 0 Å². The van der Waals surface area contributed by atoms with Gasteiger partial charge >= 0.3 is 5.97 Å². The molecule has 0 aromatic rings. The summed E-state index contributed by atoms with van der Waals surface area (Å²) < 4.78 is 5.58. The molecule has 0 bridgehead atoms. The Bertz CT molecular complexity index is 710.